The zero-order valence-electron chi connectivity index (χ0n) is 10.7. The number of H-pyrrole nitrogens is 1. The number of anilines is 1. The van der Waals surface area contributed by atoms with Gasteiger partial charge in [0.2, 0.25) is 0 Å². The van der Waals surface area contributed by atoms with Crippen LogP contribution in [0.1, 0.15) is 17.3 Å². The molecule has 0 aliphatic heterocycles. The number of amides is 1. The minimum absolute atomic E-state index is 0.0194. The van der Waals surface area contributed by atoms with Gasteiger partial charge in [0.15, 0.2) is 0 Å². The number of likely N-dealkylation sites (N-methyl/N-ethyl adjacent to an activating group) is 1. The summed E-state index contributed by atoms with van der Waals surface area (Å²) in [5.74, 6) is -0.0194. The number of hydrogen-bond donors (Lipinski definition) is 2. The van der Waals surface area contributed by atoms with Gasteiger partial charge in [-0.1, -0.05) is 12.2 Å². The summed E-state index contributed by atoms with van der Waals surface area (Å²) in [4.78, 5) is 17.0. The Labute approximate surface area is 106 Å². The van der Waals surface area contributed by atoms with Crippen LogP contribution in [0.2, 0.25) is 0 Å². The average molecular weight is 243 g/mol. The molecule has 0 spiro atoms. The highest BCUT2D eigenvalue weighted by Gasteiger charge is 2.16. The molecule has 0 aliphatic carbocycles. The molecule has 0 atom stereocenters. The second kappa shape index (κ2) is 4.56. The van der Waals surface area contributed by atoms with Gasteiger partial charge in [-0.3, -0.25) is 4.79 Å². The summed E-state index contributed by atoms with van der Waals surface area (Å²) in [6.07, 6.45) is 1.72. The van der Waals surface area contributed by atoms with Gasteiger partial charge in [0.05, 0.1) is 5.56 Å². The summed E-state index contributed by atoms with van der Waals surface area (Å²) in [6, 6.07) is 5.49. The van der Waals surface area contributed by atoms with Crippen LogP contribution in [0.15, 0.2) is 36.5 Å². The van der Waals surface area contributed by atoms with Crippen molar-refractivity contribution >= 4 is 22.5 Å². The quantitative estimate of drug-likeness (QED) is 0.642. The van der Waals surface area contributed by atoms with Crippen LogP contribution in [0.4, 0.5) is 5.69 Å². The molecule has 0 unspecified atom stereocenters. The van der Waals surface area contributed by atoms with E-state index in [1.807, 2.05) is 19.1 Å². The van der Waals surface area contributed by atoms with E-state index in [0.717, 1.165) is 16.5 Å². The molecule has 1 aromatic heterocycles. The molecular formula is C14H17N3O. The molecular weight excluding hydrogens is 226 g/mol. The molecule has 4 heteroatoms. The van der Waals surface area contributed by atoms with Gasteiger partial charge in [0.25, 0.3) is 5.91 Å². The number of nitrogens with one attached hydrogen (secondary N) is 1. The number of carbonyl (C=O) groups excluding carboxylic acids is 1. The van der Waals surface area contributed by atoms with Crippen LogP contribution in [0.3, 0.4) is 0 Å². The number of fused-ring (bicyclic) bond motifs is 1. The Morgan fingerprint density at radius 3 is 2.89 bits per heavy atom. The topological polar surface area (TPSA) is 62.1 Å². The molecule has 0 bridgehead atoms. The molecule has 2 rings (SSSR count). The number of aromatic nitrogens is 1. The second-order valence-electron chi connectivity index (χ2n) is 4.63. The molecule has 0 saturated carbocycles. The first kappa shape index (κ1) is 12.2. The smallest absolute Gasteiger partial charge is 0.256 e. The number of benzene rings is 1. The van der Waals surface area contributed by atoms with Gasteiger partial charge in [0, 0.05) is 36.4 Å². The predicted octanol–water partition coefficient (Wildman–Crippen LogP) is 2.40. The molecule has 0 fully saturated rings. The van der Waals surface area contributed by atoms with E-state index in [2.05, 4.69) is 11.6 Å². The lowest BCUT2D eigenvalue weighted by Crippen LogP contribution is -2.27. The van der Waals surface area contributed by atoms with Crippen LogP contribution in [-0.4, -0.2) is 29.4 Å². The van der Waals surface area contributed by atoms with Crippen LogP contribution >= 0.6 is 0 Å². The van der Waals surface area contributed by atoms with Crippen LogP contribution in [-0.2, 0) is 0 Å². The summed E-state index contributed by atoms with van der Waals surface area (Å²) < 4.78 is 0. The number of nitrogen functional groups attached to an aromatic ring is 1. The first-order valence-corrected chi connectivity index (χ1v) is 5.75. The number of hydrogen-bond acceptors (Lipinski definition) is 2. The van der Waals surface area contributed by atoms with Gasteiger partial charge in [0.1, 0.15) is 0 Å². The molecule has 94 valence electrons. The second-order valence-corrected chi connectivity index (χ2v) is 4.63. The fourth-order valence-corrected chi connectivity index (χ4v) is 2.00. The van der Waals surface area contributed by atoms with Crippen molar-refractivity contribution in [3.63, 3.8) is 0 Å². The molecule has 3 N–H and O–H groups in total. The Balaban J connectivity index is 2.36. The average Bonchev–Trinajstić information content (AvgIpc) is 2.69. The van der Waals surface area contributed by atoms with Gasteiger partial charge in [-0.15, -0.1) is 0 Å². The summed E-state index contributed by atoms with van der Waals surface area (Å²) >= 11 is 0. The van der Waals surface area contributed by atoms with Crippen molar-refractivity contribution in [3.05, 3.63) is 42.1 Å². The molecule has 0 radical (unpaired) electrons. The van der Waals surface area contributed by atoms with Crippen LogP contribution < -0.4 is 5.73 Å². The first-order valence-electron chi connectivity index (χ1n) is 5.75. The van der Waals surface area contributed by atoms with E-state index < -0.39 is 0 Å². The van der Waals surface area contributed by atoms with Crippen molar-refractivity contribution in [1.82, 2.24) is 9.88 Å². The Kier molecular flexibility index (Phi) is 3.10. The largest absolute Gasteiger partial charge is 0.399 e. The molecule has 18 heavy (non-hydrogen) atoms. The van der Waals surface area contributed by atoms with Crippen molar-refractivity contribution in [3.8, 4) is 0 Å². The van der Waals surface area contributed by atoms with E-state index >= 15 is 0 Å². The molecule has 4 nitrogen and oxygen atoms in total. The van der Waals surface area contributed by atoms with E-state index in [-0.39, 0.29) is 5.91 Å². The number of rotatable bonds is 3. The van der Waals surface area contributed by atoms with Gasteiger partial charge in [-0.05, 0) is 25.1 Å². The minimum Gasteiger partial charge on any atom is -0.399 e. The maximum atomic E-state index is 12.3. The molecule has 1 aromatic carbocycles. The zero-order chi connectivity index (χ0) is 13.3. The van der Waals surface area contributed by atoms with Crippen LogP contribution in [0.25, 0.3) is 10.9 Å². The van der Waals surface area contributed by atoms with Crippen LogP contribution in [0, 0.1) is 0 Å². The molecule has 2 aromatic rings. The van der Waals surface area contributed by atoms with Gasteiger partial charge < -0.3 is 15.6 Å². The highest BCUT2D eigenvalue weighted by Crippen LogP contribution is 2.21. The van der Waals surface area contributed by atoms with Crippen molar-refractivity contribution in [2.75, 3.05) is 19.3 Å². The SMILES string of the molecule is C=C(C)CN(C)C(=O)c1c[nH]c2cc(N)ccc12. The van der Waals surface area contributed by atoms with Crippen LogP contribution in [0.5, 0.6) is 0 Å². The monoisotopic (exact) mass is 243 g/mol. The number of carbonyl (C=O) groups is 1. The highest BCUT2D eigenvalue weighted by atomic mass is 16.2. The molecule has 0 saturated heterocycles. The van der Waals surface area contributed by atoms with E-state index in [0.29, 0.717) is 17.8 Å². The Morgan fingerprint density at radius 2 is 2.22 bits per heavy atom. The summed E-state index contributed by atoms with van der Waals surface area (Å²) in [5, 5.41) is 0.891. The Hall–Kier alpha value is -2.23. The molecule has 0 aliphatic rings. The predicted molar refractivity (Wildman–Crippen MR) is 74.5 cm³/mol. The highest BCUT2D eigenvalue weighted by molar-refractivity contribution is 6.07. The van der Waals surface area contributed by atoms with Crippen molar-refractivity contribution in [2.24, 2.45) is 0 Å². The van der Waals surface area contributed by atoms with E-state index in [4.69, 9.17) is 5.73 Å². The third-order valence-electron chi connectivity index (χ3n) is 2.79. The number of nitrogens with two attached hydrogens (primary N) is 1. The Bertz CT molecular complexity index is 613. The summed E-state index contributed by atoms with van der Waals surface area (Å²) in [6.45, 7) is 6.27. The third kappa shape index (κ3) is 2.22. The lowest BCUT2D eigenvalue weighted by Gasteiger charge is -2.16. The fourth-order valence-electron chi connectivity index (χ4n) is 2.00. The lowest BCUT2D eigenvalue weighted by atomic mass is 10.1. The van der Waals surface area contributed by atoms with Crippen molar-refractivity contribution in [1.29, 1.82) is 0 Å². The van der Waals surface area contributed by atoms with Crippen molar-refractivity contribution in [2.45, 2.75) is 6.92 Å². The minimum atomic E-state index is -0.0194. The van der Waals surface area contributed by atoms with Gasteiger partial charge >= 0.3 is 0 Å². The van der Waals surface area contributed by atoms with E-state index in [1.165, 1.54) is 0 Å². The molecule has 1 heterocycles. The summed E-state index contributed by atoms with van der Waals surface area (Å²) in [5.41, 5.74) is 8.88. The standard InChI is InChI=1S/C14H17N3O/c1-9(2)8-17(3)14(18)12-7-16-13-6-10(15)4-5-11(12)13/h4-7,16H,1,8,15H2,2-3H3. The van der Waals surface area contributed by atoms with E-state index in [9.17, 15) is 4.79 Å². The van der Waals surface area contributed by atoms with Crippen molar-refractivity contribution < 1.29 is 4.79 Å². The number of aromatic amines is 1. The summed E-state index contributed by atoms with van der Waals surface area (Å²) in [7, 11) is 1.77. The Morgan fingerprint density at radius 1 is 1.50 bits per heavy atom. The van der Waals surface area contributed by atoms with Gasteiger partial charge in [-0.2, -0.15) is 0 Å². The maximum Gasteiger partial charge on any atom is 0.256 e. The first-order chi connectivity index (χ1) is 8.49. The fraction of sp³-hybridized carbons (Fsp3) is 0.214. The molecule has 1 amide bonds. The van der Waals surface area contributed by atoms with Gasteiger partial charge in [-0.25, -0.2) is 0 Å². The normalized spacial score (nSPS) is 10.6. The lowest BCUT2D eigenvalue weighted by molar-refractivity contribution is 0.0809. The zero-order valence-corrected chi connectivity index (χ0v) is 10.7. The number of nitrogens with zero attached hydrogens (tertiary/aromatic N) is 1. The maximum absolute atomic E-state index is 12.3. The van der Waals surface area contributed by atoms with E-state index in [1.54, 1.807) is 24.2 Å². The third-order valence-corrected chi connectivity index (χ3v) is 2.79.